The van der Waals surface area contributed by atoms with E-state index in [1.54, 1.807) is 23.2 Å². The predicted molar refractivity (Wildman–Crippen MR) is 89.7 cm³/mol. The fraction of sp³-hybridized carbons (Fsp3) is 0.125. The summed E-state index contributed by atoms with van der Waals surface area (Å²) in [7, 11) is -3.27. The summed E-state index contributed by atoms with van der Waals surface area (Å²) in [6.07, 6.45) is 5.84. The first-order valence-electron chi connectivity index (χ1n) is 6.81. The van der Waals surface area contributed by atoms with Gasteiger partial charge in [-0.25, -0.2) is 18.4 Å². The van der Waals surface area contributed by atoms with Crippen molar-refractivity contribution >= 4 is 21.4 Å². The van der Waals surface area contributed by atoms with Crippen LogP contribution in [0.3, 0.4) is 0 Å². The van der Waals surface area contributed by atoms with Crippen LogP contribution < -0.4 is 0 Å². The van der Waals surface area contributed by atoms with E-state index in [2.05, 4.69) is 9.97 Å². The molecule has 0 amide bonds. The highest BCUT2D eigenvalue weighted by Crippen LogP contribution is 2.26. The summed E-state index contributed by atoms with van der Waals surface area (Å²) in [6.45, 7) is 1.94. The average molecular weight is 348 g/mol. The van der Waals surface area contributed by atoms with Gasteiger partial charge in [-0.2, -0.15) is 0 Å². The maximum absolute atomic E-state index is 11.5. The Morgan fingerprint density at radius 2 is 1.91 bits per heavy atom. The van der Waals surface area contributed by atoms with Gasteiger partial charge in [-0.3, -0.25) is 4.57 Å². The van der Waals surface area contributed by atoms with E-state index >= 15 is 0 Å². The molecule has 0 N–H and O–H groups in total. The number of benzene rings is 1. The van der Waals surface area contributed by atoms with Gasteiger partial charge >= 0.3 is 0 Å². The van der Waals surface area contributed by atoms with E-state index in [1.807, 2.05) is 25.1 Å². The van der Waals surface area contributed by atoms with E-state index in [0.717, 1.165) is 23.1 Å². The lowest BCUT2D eigenvalue weighted by atomic mass is 10.1. The number of hydrogen-bond acceptors (Lipinski definition) is 4. The Hall–Kier alpha value is -2.18. The molecule has 3 aromatic rings. The zero-order chi connectivity index (χ0) is 16.6. The molecular weight excluding hydrogens is 334 g/mol. The summed E-state index contributed by atoms with van der Waals surface area (Å²) in [4.78, 5) is 8.57. The van der Waals surface area contributed by atoms with Crippen LogP contribution in [0.5, 0.6) is 0 Å². The number of pyridine rings is 1. The van der Waals surface area contributed by atoms with Crippen LogP contribution in [0.25, 0.3) is 17.1 Å². The number of imidazole rings is 1. The number of rotatable bonds is 3. The van der Waals surface area contributed by atoms with Gasteiger partial charge in [0.25, 0.3) is 0 Å². The van der Waals surface area contributed by atoms with Gasteiger partial charge in [-0.1, -0.05) is 23.7 Å². The standard InChI is InChI=1S/C16H14ClN3O2S/c1-11-3-4-12(7-14(11)17)15-9-18-10-20(15)16-6-5-13(8-19-16)23(2,21)22/h3-10H,1-2H3. The number of aromatic nitrogens is 3. The first-order valence-corrected chi connectivity index (χ1v) is 9.08. The van der Waals surface area contributed by atoms with Crippen LogP contribution in [0.2, 0.25) is 5.02 Å². The van der Waals surface area contributed by atoms with Crippen LogP contribution in [0.1, 0.15) is 5.56 Å². The molecule has 0 fully saturated rings. The van der Waals surface area contributed by atoms with E-state index in [-0.39, 0.29) is 4.90 Å². The van der Waals surface area contributed by atoms with Crippen LogP contribution in [-0.4, -0.2) is 29.2 Å². The normalized spacial score (nSPS) is 11.6. The van der Waals surface area contributed by atoms with E-state index in [1.165, 1.54) is 12.3 Å². The molecule has 5 nitrogen and oxygen atoms in total. The molecule has 2 aromatic heterocycles. The van der Waals surface area contributed by atoms with Crippen molar-refractivity contribution in [1.82, 2.24) is 14.5 Å². The molecule has 0 saturated carbocycles. The Balaban J connectivity index is 2.05. The van der Waals surface area contributed by atoms with Gasteiger partial charge in [0.15, 0.2) is 9.84 Å². The molecule has 118 valence electrons. The molecule has 0 saturated heterocycles. The Bertz CT molecular complexity index is 963. The first-order chi connectivity index (χ1) is 10.9. The summed E-state index contributed by atoms with van der Waals surface area (Å²) >= 11 is 6.19. The van der Waals surface area contributed by atoms with Crippen LogP contribution in [0.4, 0.5) is 0 Å². The van der Waals surface area contributed by atoms with Gasteiger partial charge in [-0.15, -0.1) is 0 Å². The van der Waals surface area contributed by atoms with Gasteiger partial charge in [0.05, 0.1) is 16.8 Å². The van der Waals surface area contributed by atoms with E-state index in [0.29, 0.717) is 10.8 Å². The number of aryl methyl sites for hydroxylation is 1. The van der Waals surface area contributed by atoms with Gasteiger partial charge in [-0.05, 0) is 30.7 Å². The van der Waals surface area contributed by atoms with Crippen molar-refractivity contribution in [2.45, 2.75) is 11.8 Å². The largest absolute Gasteiger partial charge is 0.283 e. The second-order valence-corrected chi connectivity index (χ2v) is 7.66. The van der Waals surface area contributed by atoms with E-state index in [4.69, 9.17) is 11.6 Å². The summed E-state index contributed by atoms with van der Waals surface area (Å²) in [5.74, 6) is 0.585. The topological polar surface area (TPSA) is 64.8 Å². The van der Waals surface area contributed by atoms with Crippen LogP contribution >= 0.6 is 11.6 Å². The second kappa shape index (κ2) is 5.79. The number of hydrogen-bond donors (Lipinski definition) is 0. The van der Waals surface area contributed by atoms with Crippen molar-refractivity contribution in [2.75, 3.05) is 6.26 Å². The van der Waals surface area contributed by atoms with Crippen LogP contribution in [0.15, 0.2) is 53.9 Å². The van der Waals surface area contributed by atoms with Crippen molar-refractivity contribution in [1.29, 1.82) is 0 Å². The zero-order valence-electron chi connectivity index (χ0n) is 12.6. The monoisotopic (exact) mass is 347 g/mol. The lowest BCUT2D eigenvalue weighted by Gasteiger charge is -2.09. The molecular formula is C16H14ClN3O2S. The molecule has 23 heavy (non-hydrogen) atoms. The molecule has 1 aromatic carbocycles. The van der Waals surface area contributed by atoms with Crippen molar-refractivity contribution in [2.24, 2.45) is 0 Å². The third-order valence-electron chi connectivity index (χ3n) is 3.50. The van der Waals surface area contributed by atoms with Crippen LogP contribution in [0, 0.1) is 6.92 Å². The molecule has 7 heteroatoms. The van der Waals surface area contributed by atoms with Crippen molar-refractivity contribution in [3.05, 3.63) is 59.6 Å². The molecule has 0 aliphatic heterocycles. The maximum atomic E-state index is 11.5. The smallest absolute Gasteiger partial charge is 0.177 e. The highest BCUT2D eigenvalue weighted by Gasteiger charge is 2.11. The molecule has 0 bridgehead atoms. The Labute approximate surface area is 139 Å². The molecule has 0 atom stereocenters. The molecule has 3 rings (SSSR count). The van der Waals surface area contributed by atoms with Crippen molar-refractivity contribution in [3.8, 4) is 17.1 Å². The summed E-state index contributed by atoms with van der Waals surface area (Å²) in [5.41, 5.74) is 2.73. The Morgan fingerprint density at radius 1 is 1.13 bits per heavy atom. The van der Waals surface area contributed by atoms with E-state index in [9.17, 15) is 8.42 Å². The van der Waals surface area contributed by atoms with Crippen LogP contribution in [-0.2, 0) is 9.84 Å². The molecule has 0 unspecified atom stereocenters. The van der Waals surface area contributed by atoms with E-state index < -0.39 is 9.84 Å². The maximum Gasteiger partial charge on any atom is 0.177 e. The molecule has 0 aliphatic carbocycles. The minimum absolute atomic E-state index is 0.182. The highest BCUT2D eigenvalue weighted by molar-refractivity contribution is 7.90. The third-order valence-corrected chi connectivity index (χ3v) is 5.01. The molecule has 0 aliphatic rings. The van der Waals surface area contributed by atoms with Gasteiger partial charge in [0.1, 0.15) is 12.1 Å². The second-order valence-electron chi connectivity index (χ2n) is 5.24. The lowest BCUT2D eigenvalue weighted by molar-refractivity contribution is 0.601. The van der Waals surface area contributed by atoms with Gasteiger partial charge in [0.2, 0.25) is 0 Å². The fourth-order valence-electron chi connectivity index (χ4n) is 2.18. The fourth-order valence-corrected chi connectivity index (χ4v) is 2.92. The number of nitrogens with zero attached hydrogens (tertiary/aromatic N) is 3. The predicted octanol–water partition coefficient (Wildman–Crippen LogP) is 3.30. The van der Waals surface area contributed by atoms with Crippen molar-refractivity contribution < 1.29 is 8.42 Å². The summed E-state index contributed by atoms with van der Waals surface area (Å²) in [5, 5.41) is 0.677. The third kappa shape index (κ3) is 3.13. The first kappa shape index (κ1) is 15.7. The SMILES string of the molecule is Cc1ccc(-c2cncn2-c2ccc(S(C)(=O)=O)cn2)cc1Cl. The summed E-state index contributed by atoms with van der Waals surface area (Å²) in [6, 6.07) is 8.95. The zero-order valence-corrected chi connectivity index (χ0v) is 14.1. The quantitative estimate of drug-likeness (QED) is 0.729. The number of sulfone groups is 1. The minimum atomic E-state index is -3.27. The molecule has 0 radical (unpaired) electrons. The number of halogens is 1. The van der Waals surface area contributed by atoms with Gasteiger partial charge < -0.3 is 0 Å². The molecule has 2 heterocycles. The Kier molecular flexibility index (Phi) is 3.95. The lowest BCUT2D eigenvalue weighted by Crippen LogP contribution is -2.02. The highest BCUT2D eigenvalue weighted by atomic mass is 35.5. The summed E-state index contributed by atoms with van der Waals surface area (Å²) < 4.78 is 24.8. The average Bonchev–Trinajstić information content (AvgIpc) is 2.99. The molecule has 0 spiro atoms. The van der Waals surface area contributed by atoms with Gasteiger partial charge in [0, 0.05) is 23.0 Å². The minimum Gasteiger partial charge on any atom is -0.283 e. The van der Waals surface area contributed by atoms with Crippen molar-refractivity contribution in [3.63, 3.8) is 0 Å². The Morgan fingerprint density at radius 3 is 2.52 bits per heavy atom.